The van der Waals surface area contributed by atoms with Crippen molar-refractivity contribution in [2.24, 2.45) is 0 Å². The first-order valence-corrected chi connectivity index (χ1v) is 6.34. The number of carbonyl (C=O) groups is 1. The molecular formula is C16H17NO3. The fourth-order valence-corrected chi connectivity index (χ4v) is 1.74. The van der Waals surface area contributed by atoms with Gasteiger partial charge in [0.05, 0.1) is 0 Å². The summed E-state index contributed by atoms with van der Waals surface area (Å²) < 4.78 is 5.40. The third-order valence-electron chi connectivity index (χ3n) is 2.95. The van der Waals surface area contributed by atoms with E-state index in [4.69, 9.17) is 4.74 Å². The lowest BCUT2D eigenvalue weighted by Gasteiger charge is -2.10. The minimum Gasteiger partial charge on any atom is -0.508 e. The first kappa shape index (κ1) is 13.9. The molecule has 2 aromatic carbocycles. The molecule has 0 saturated heterocycles. The highest BCUT2D eigenvalue weighted by molar-refractivity contribution is 5.91. The molecule has 0 heterocycles. The third-order valence-corrected chi connectivity index (χ3v) is 2.95. The van der Waals surface area contributed by atoms with Gasteiger partial charge >= 0.3 is 0 Å². The SMILES string of the molecule is Cc1ccc(NC(=O)COc2cccc(O)c2C)cc1. The Morgan fingerprint density at radius 2 is 1.85 bits per heavy atom. The Kier molecular flexibility index (Phi) is 4.25. The molecule has 4 heteroatoms. The van der Waals surface area contributed by atoms with Crippen LogP contribution in [0.3, 0.4) is 0 Å². The van der Waals surface area contributed by atoms with Crippen molar-refractivity contribution in [3.63, 3.8) is 0 Å². The summed E-state index contributed by atoms with van der Waals surface area (Å²) in [6.45, 7) is 3.63. The van der Waals surface area contributed by atoms with Crippen LogP contribution in [0.2, 0.25) is 0 Å². The summed E-state index contributed by atoms with van der Waals surface area (Å²) in [5.41, 5.74) is 2.49. The van der Waals surface area contributed by atoms with Gasteiger partial charge in [-0.05, 0) is 38.1 Å². The molecule has 1 amide bonds. The smallest absolute Gasteiger partial charge is 0.262 e. The molecule has 2 N–H and O–H groups in total. The Morgan fingerprint density at radius 1 is 1.15 bits per heavy atom. The second-order valence-electron chi connectivity index (χ2n) is 4.60. The molecule has 0 spiro atoms. The highest BCUT2D eigenvalue weighted by Crippen LogP contribution is 2.25. The first-order valence-electron chi connectivity index (χ1n) is 6.34. The van der Waals surface area contributed by atoms with Crippen molar-refractivity contribution >= 4 is 11.6 Å². The van der Waals surface area contributed by atoms with Crippen molar-refractivity contribution in [2.75, 3.05) is 11.9 Å². The van der Waals surface area contributed by atoms with Gasteiger partial charge in [-0.2, -0.15) is 0 Å². The summed E-state index contributed by atoms with van der Waals surface area (Å²) in [4.78, 5) is 11.8. The van der Waals surface area contributed by atoms with Gasteiger partial charge in [0.15, 0.2) is 6.61 Å². The third kappa shape index (κ3) is 3.51. The van der Waals surface area contributed by atoms with Crippen molar-refractivity contribution in [2.45, 2.75) is 13.8 Å². The topological polar surface area (TPSA) is 58.6 Å². The van der Waals surface area contributed by atoms with Crippen LogP contribution < -0.4 is 10.1 Å². The Balaban J connectivity index is 1.92. The zero-order valence-corrected chi connectivity index (χ0v) is 11.5. The number of amides is 1. The highest BCUT2D eigenvalue weighted by Gasteiger charge is 2.07. The largest absolute Gasteiger partial charge is 0.508 e. The van der Waals surface area contributed by atoms with E-state index in [2.05, 4.69) is 5.32 Å². The number of hydrogen-bond acceptors (Lipinski definition) is 3. The van der Waals surface area contributed by atoms with Crippen LogP contribution in [0.1, 0.15) is 11.1 Å². The maximum absolute atomic E-state index is 11.8. The molecule has 0 bridgehead atoms. The fourth-order valence-electron chi connectivity index (χ4n) is 1.74. The number of nitrogens with one attached hydrogen (secondary N) is 1. The molecule has 0 radical (unpaired) electrons. The van der Waals surface area contributed by atoms with Crippen LogP contribution in [0.5, 0.6) is 11.5 Å². The lowest BCUT2D eigenvalue weighted by Crippen LogP contribution is -2.20. The number of phenols is 1. The van der Waals surface area contributed by atoms with E-state index in [0.29, 0.717) is 11.3 Å². The van der Waals surface area contributed by atoms with Crippen LogP contribution in [0.25, 0.3) is 0 Å². The van der Waals surface area contributed by atoms with Crippen LogP contribution in [0, 0.1) is 13.8 Å². The predicted molar refractivity (Wildman–Crippen MR) is 78.1 cm³/mol. The molecule has 2 aromatic rings. The molecule has 4 nitrogen and oxygen atoms in total. The van der Waals surface area contributed by atoms with E-state index in [-0.39, 0.29) is 18.3 Å². The van der Waals surface area contributed by atoms with E-state index >= 15 is 0 Å². The number of aromatic hydroxyl groups is 1. The minimum absolute atomic E-state index is 0.0990. The van der Waals surface area contributed by atoms with E-state index in [1.54, 1.807) is 25.1 Å². The molecule has 0 unspecified atom stereocenters. The van der Waals surface area contributed by atoms with Crippen LogP contribution in [-0.4, -0.2) is 17.6 Å². The first-order chi connectivity index (χ1) is 9.56. The van der Waals surface area contributed by atoms with Gasteiger partial charge in [0.2, 0.25) is 0 Å². The molecule has 0 aliphatic rings. The van der Waals surface area contributed by atoms with Gasteiger partial charge in [-0.15, -0.1) is 0 Å². The maximum Gasteiger partial charge on any atom is 0.262 e. The Hall–Kier alpha value is -2.49. The van der Waals surface area contributed by atoms with Crippen LogP contribution in [0.4, 0.5) is 5.69 Å². The number of aryl methyl sites for hydroxylation is 1. The number of phenolic OH excluding ortho intramolecular Hbond substituents is 1. The van der Waals surface area contributed by atoms with Crippen LogP contribution in [-0.2, 0) is 4.79 Å². The molecule has 2 rings (SSSR count). The summed E-state index contributed by atoms with van der Waals surface area (Å²) in [6.07, 6.45) is 0. The quantitative estimate of drug-likeness (QED) is 0.898. The summed E-state index contributed by atoms with van der Waals surface area (Å²) in [7, 11) is 0. The van der Waals surface area contributed by atoms with Gasteiger partial charge in [0.25, 0.3) is 5.91 Å². The number of benzene rings is 2. The van der Waals surface area contributed by atoms with E-state index in [1.165, 1.54) is 0 Å². The van der Waals surface area contributed by atoms with Crippen LogP contribution in [0.15, 0.2) is 42.5 Å². The van der Waals surface area contributed by atoms with E-state index in [0.717, 1.165) is 11.3 Å². The lowest BCUT2D eigenvalue weighted by atomic mass is 10.2. The predicted octanol–water partition coefficient (Wildman–Crippen LogP) is 3.03. The molecule has 0 aliphatic heterocycles. The minimum atomic E-state index is -0.239. The standard InChI is InChI=1S/C16H17NO3/c1-11-6-8-13(9-7-11)17-16(19)10-20-15-5-3-4-14(18)12(15)2/h3-9,18H,10H2,1-2H3,(H,17,19). The van der Waals surface area contributed by atoms with Gasteiger partial charge in [-0.3, -0.25) is 4.79 Å². The van der Waals surface area contributed by atoms with E-state index in [1.807, 2.05) is 31.2 Å². The number of carbonyl (C=O) groups excluding carboxylic acids is 1. The summed E-state index contributed by atoms with van der Waals surface area (Å²) in [6, 6.07) is 12.5. The van der Waals surface area contributed by atoms with Crippen molar-refractivity contribution in [3.8, 4) is 11.5 Å². The monoisotopic (exact) mass is 271 g/mol. The molecule has 0 fully saturated rings. The average molecular weight is 271 g/mol. The van der Waals surface area contributed by atoms with E-state index in [9.17, 15) is 9.90 Å². The molecule has 0 aromatic heterocycles. The van der Waals surface area contributed by atoms with Gasteiger partial charge in [0, 0.05) is 11.3 Å². The number of rotatable bonds is 4. The fraction of sp³-hybridized carbons (Fsp3) is 0.188. The Labute approximate surface area is 118 Å². The highest BCUT2D eigenvalue weighted by atomic mass is 16.5. The molecule has 0 aliphatic carbocycles. The van der Waals surface area contributed by atoms with Crippen LogP contribution >= 0.6 is 0 Å². The molecular weight excluding hydrogens is 254 g/mol. The Bertz CT molecular complexity index is 606. The Morgan fingerprint density at radius 3 is 2.55 bits per heavy atom. The summed E-state index contributed by atoms with van der Waals surface area (Å²) in [5, 5.41) is 12.3. The number of hydrogen-bond donors (Lipinski definition) is 2. The van der Waals surface area contributed by atoms with E-state index < -0.39 is 0 Å². The van der Waals surface area contributed by atoms with Gasteiger partial charge in [0.1, 0.15) is 11.5 Å². The van der Waals surface area contributed by atoms with Crippen molar-refractivity contribution in [1.29, 1.82) is 0 Å². The van der Waals surface area contributed by atoms with Crippen molar-refractivity contribution < 1.29 is 14.6 Å². The summed E-state index contributed by atoms with van der Waals surface area (Å²) >= 11 is 0. The normalized spacial score (nSPS) is 10.1. The zero-order valence-electron chi connectivity index (χ0n) is 11.5. The maximum atomic E-state index is 11.8. The van der Waals surface area contributed by atoms with Crippen molar-refractivity contribution in [3.05, 3.63) is 53.6 Å². The zero-order chi connectivity index (χ0) is 14.5. The lowest BCUT2D eigenvalue weighted by molar-refractivity contribution is -0.118. The van der Waals surface area contributed by atoms with Crippen molar-refractivity contribution in [1.82, 2.24) is 0 Å². The molecule has 0 atom stereocenters. The van der Waals surface area contributed by atoms with Gasteiger partial charge in [-0.25, -0.2) is 0 Å². The second-order valence-corrected chi connectivity index (χ2v) is 4.60. The molecule has 0 saturated carbocycles. The number of ether oxygens (including phenoxy) is 1. The average Bonchev–Trinajstić information content (AvgIpc) is 2.43. The van der Waals surface area contributed by atoms with Gasteiger partial charge in [-0.1, -0.05) is 23.8 Å². The number of anilines is 1. The molecule has 104 valence electrons. The summed E-state index contributed by atoms with van der Waals surface area (Å²) in [5.74, 6) is 0.419. The van der Waals surface area contributed by atoms with Gasteiger partial charge < -0.3 is 15.2 Å². The molecule has 20 heavy (non-hydrogen) atoms. The second kappa shape index (κ2) is 6.10.